The Bertz CT molecular complexity index is 784. The third kappa shape index (κ3) is 4.22. The number of benzene rings is 1. The Morgan fingerprint density at radius 1 is 1.30 bits per heavy atom. The molecule has 1 aromatic carbocycles. The van der Waals surface area contributed by atoms with Gasteiger partial charge in [-0.15, -0.1) is 0 Å². The van der Waals surface area contributed by atoms with Gasteiger partial charge in [-0.1, -0.05) is 30.8 Å². The number of nitrogens with one attached hydrogen (secondary N) is 2. The summed E-state index contributed by atoms with van der Waals surface area (Å²) in [5.74, 6) is 0.0740. The van der Waals surface area contributed by atoms with Crippen LogP contribution in [0.5, 0.6) is 0 Å². The van der Waals surface area contributed by atoms with Crippen molar-refractivity contribution in [2.45, 2.75) is 39.3 Å². The second kappa shape index (κ2) is 7.46. The fourth-order valence-corrected chi connectivity index (χ4v) is 2.98. The molecule has 2 aromatic rings. The molecule has 2 N–H and O–H groups in total. The Labute approximate surface area is 139 Å². The standard InChI is InChI=1S/C17H21N3O2S/c1-5-13-12(4)18-17(20-16(13)22)23-9-15(21)19-14-8-6-7-10(2)11(14)3/h6-8H,5,9H2,1-4H3,(H,19,21)(H,18,20,22). The quantitative estimate of drug-likeness (QED) is 0.652. The Morgan fingerprint density at radius 3 is 2.70 bits per heavy atom. The monoisotopic (exact) mass is 331 g/mol. The summed E-state index contributed by atoms with van der Waals surface area (Å²) in [4.78, 5) is 31.1. The van der Waals surface area contributed by atoms with Gasteiger partial charge in [-0.25, -0.2) is 4.98 Å². The molecular formula is C17H21N3O2S. The van der Waals surface area contributed by atoms with Gasteiger partial charge >= 0.3 is 0 Å². The van der Waals surface area contributed by atoms with Crippen LogP contribution in [0.3, 0.4) is 0 Å². The molecule has 0 fully saturated rings. The van der Waals surface area contributed by atoms with Crippen molar-refractivity contribution in [2.24, 2.45) is 0 Å². The molecule has 5 nitrogen and oxygen atoms in total. The third-order valence-electron chi connectivity index (χ3n) is 3.77. The summed E-state index contributed by atoms with van der Waals surface area (Å²) < 4.78 is 0. The van der Waals surface area contributed by atoms with E-state index in [2.05, 4.69) is 15.3 Å². The van der Waals surface area contributed by atoms with Gasteiger partial charge in [0.25, 0.3) is 5.56 Å². The maximum absolute atomic E-state index is 12.1. The molecule has 0 spiro atoms. The van der Waals surface area contributed by atoms with E-state index in [-0.39, 0.29) is 17.2 Å². The minimum atomic E-state index is -0.127. The van der Waals surface area contributed by atoms with E-state index >= 15 is 0 Å². The lowest BCUT2D eigenvalue weighted by Crippen LogP contribution is -2.18. The number of nitrogens with zero attached hydrogens (tertiary/aromatic N) is 1. The van der Waals surface area contributed by atoms with Gasteiger partial charge in [-0.2, -0.15) is 0 Å². The van der Waals surface area contributed by atoms with Gasteiger partial charge in [0.15, 0.2) is 5.16 Å². The summed E-state index contributed by atoms with van der Waals surface area (Å²) in [7, 11) is 0. The number of carbonyl (C=O) groups excluding carboxylic acids is 1. The molecule has 0 aliphatic heterocycles. The first-order valence-corrected chi connectivity index (χ1v) is 8.49. The number of hydrogen-bond donors (Lipinski definition) is 2. The number of hydrogen-bond acceptors (Lipinski definition) is 4. The Morgan fingerprint density at radius 2 is 2.04 bits per heavy atom. The van der Waals surface area contributed by atoms with Crippen molar-refractivity contribution in [3.63, 3.8) is 0 Å². The summed E-state index contributed by atoms with van der Waals surface area (Å²) in [5, 5.41) is 3.37. The Balaban J connectivity index is 2.02. The fourth-order valence-electron chi connectivity index (χ4n) is 2.28. The van der Waals surface area contributed by atoms with E-state index in [1.807, 2.05) is 45.9 Å². The average molecular weight is 331 g/mol. The van der Waals surface area contributed by atoms with E-state index in [9.17, 15) is 9.59 Å². The van der Waals surface area contributed by atoms with Crippen LogP contribution in [-0.2, 0) is 11.2 Å². The zero-order valence-corrected chi connectivity index (χ0v) is 14.6. The summed E-state index contributed by atoms with van der Waals surface area (Å²) in [6.45, 7) is 7.72. The van der Waals surface area contributed by atoms with Crippen LogP contribution in [0.25, 0.3) is 0 Å². The van der Waals surface area contributed by atoms with Gasteiger partial charge < -0.3 is 10.3 Å². The van der Waals surface area contributed by atoms with Crippen molar-refractivity contribution in [3.05, 3.63) is 50.9 Å². The first kappa shape index (κ1) is 17.3. The van der Waals surface area contributed by atoms with E-state index in [1.165, 1.54) is 11.8 Å². The molecule has 0 atom stereocenters. The SMILES string of the molecule is CCc1c(C)nc(SCC(=O)Nc2cccc(C)c2C)[nH]c1=O. The smallest absolute Gasteiger partial charge is 0.254 e. The molecule has 2 rings (SSSR count). The maximum atomic E-state index is 12.1. The van der Waals surface area contributed by atoms with Crippen LogP contribution in [0.4, 0.5) is 5.69 Å². The number of carbonyl (C=O) groups is 1. The molecule has 122 valence electrons. The number of aryl methyl sites for hydroxylation is 2. The van der Waals surface area contributed by atoms with E-state index in [0.29, 0.717) is 22.8 Å². The van der Waals surface area contributed by atoms with Gasteiger partial charge in [-0.3, -0.25) is 9.59 Å². The molecule has 0 saturated carbocycles. The number of rotatable bonds is 5. The second-order valence-electron chi connectivity index (χ2n) is 5.37. The highest BCUT2D eigenvalue weighted by atomic mass is 32.2. The lowest BCUT2D eigenvalue weighted by atomic mass is 10.1. The predicted octanol–water partition coefficient (Wildman–Crippen LogP) is 2.99. The van der Waals surface area contributed by atoms with E-state index in [1.54, 1.807) is 0 Å². The summed E-state index contributed by atoms with van der Waals surface area (Å²) in [6.07, 6.45) is 0.645. The molecule has 1 aromatic heterocycles. The summed E-state index contributed by atoms with van der Waals surface area (Å²) >= 11 is 1.23. The highest BCUT2D eigenvalue weighted by molar-refractivity contribution is 7.99. The number of aromatic nitrogens is 2. The molecule has 0 aliphatic carbocycles. The molecule has 23 heavy (non-hydrogen) atoms. The third-order valence-corrected chi connectivity index (χ3v) is 4.65. The minimum absolute atomic E-state index is 0.122. The highest BCUT2D eigenvalue weighted by Gasteiger charge is 2.10. The normalized spacial score (nSPS) is 10.6. The molecule has 1 heterocycles. The first-order chi connectivity index (χ1) is 10.9. The van der Waals surface area contributed by atoms with Crippen molar-refractivity contribution in [1.29, 1.82) is 0 Å². The molecule has 0 aliphatic rings. The van der Waals surface area contributed by atoms with Gasteiger partial charge in [0.05, 0.1) is 5.75 Å². The zero-order chi connectivity index (χ0) is 17.0. The number of aromatic amines is 1. The Hall–Kier alpha value is -2.08. The van der Waals surface area contributed by atoms with Crippen molar-refractivity contribution in [3.8, 4) is 0 Å². The number of anilines is 1. The van der Waals surface area contributed by atoms with E-state index < -0.39 is 0 Å². The number of thioether (sulfide) groups is 1. The molecule has 6 heteroatoms. The molecule has 0 radical (unpaired) electrons. The molecule has 1 amide bonds. The van der Waals surface area contributed by atoms with Crippen LogP contribution < -0.4 is 10.9 Å². The van der Waals surface area contributed by atoms with Crippen molar-refractivity contribution in [1.82, 2.24) is 9.97 Å². The molecule has 0 bridgehead atoms. The number of H-pyrrole nitrogens is 1. The van der Waals surface area contributed by atoms with Crippen LogP contribution in [0, 0.1) is 20.8 Å². The van der Waals surface area contributed by atoms with Gasteiger partial charge in [0.2, 0.25) is 5.91 Å². The van der Waals surface area contributed by atoms with Gasteiger partial charge in [-0.05, 0) is 44.4 Å². The zero-order valence-electron chi connectivity index (χ0n) is 13.8. The van der Waals surface area contributed by atoms with Crippen molar-refractivity contribution < 1.29 is 4.79 Å². The number of amides is 1. The molecule has 0 unspecified atom stereocenters. The van der Waals surface area contributed by atoms with Crippen LogP contribution in [0.2, 0.25) is 0 Å². The largest absolute Gasteiger partial charge is 0.325 e. The first-order valence-electron chi connectivity index (χ1n) is 7.51. The predicted molar refractivity (Wildman–Crippen MR) is 94.2 cm³/mol. The fraction of sp³-hybridized carbons (Fsp3) is 0.353. The van der Waals surface area contributed by atoms with Gasteiger partial charge in [0.1, 0.15) is 0 Å². The van der Waals surface area contributed by atoms with Crippen LogP contribution in [0.1, 0.15) is 29.3 Å². The maximum Gasteiger partial charge on any atom is 0.254 e. The highest BCUT2D eigenvalue weighted by Crippen LogP contribution is 2.19. The van der Waals surface area contributed by atoms with E-state index in [4.69, 9.17) is 0 Å². The van der Waals surface area contributed by atoms with Crippen LogP contribution >= 0.6 is 11.8 Å². The van der Waals surface area contributed by atoms with Crippen LogP contribution in [-0.4, -0.2) is 21.6 Å². The minimum Gasteiger partial charge on any atom is -0.325 e. The van der Waals surface area contributed by atoms with Crippen LogP contribution in [0.15, 0.2) is 28.2 Å². The van der Waals surface area contributed by atoms with Crippen molar-refractivity contribution in [2.75, 3.05) is 11.1 Å². The van der Waals surface area contributed by atoms with Gasteiger partial charge in [0, 0.05) is 16.9 Å². The second-order valence-corrected chi connectivity index (χ2v) is 6.34. The topological polar surface area (TPSA) is 74.8 Å². The lowest BCUT2D eigenvalue weighted by Gasteiger charge is -2.10. The molecule has 0 saturated heterocycles. The summed E-state index contributed by atoms with van der Waals surface area (Å²) in [6, 6.07) is 5.80. The average Bonchev–Trinajstić information content (AvgIpc) is 2.49. The van der Waals surface area contributed by atoms with Crippen molar-refractivity contribution >= 4 is 23.4 Å². The summed E-state index contributed by atoms with van der Waals surface area (Å²) in [5.41, 5.74) is 4.28. The Kier molecular flexibility index (Phi) is 5.60. The lowest BCUT2D eigenvalue weighted by molar-refractivity contribution is -0.113. The molecular weight excluding hydrogens is 310 g/mol. The van der Waals surface area contributed by atoms with E-state index in [0.717, 1.165) is 16.8 Å².